The Hall–Kier alpha value is -3.64. The third-order valence-electron chi connectivity index (χ3n) is 5.64. The molecule has 1 fully saturated rings. The monoisotopic (exact) mass is 469 g/mol. The molecule has 3 aromatic heterocycles. The standard InChI is InChI=1S/C20H13F6N5O2/c1-9-11(15-28-29-17(33-15)18(7-8-18)20(24,25)26)16(32)31-14(27-9)12(10-5-3-2-4-6-10)13(30-31)19(21,22)23/h2-6,27H,7-8H2,1H3. The summed E-state index contributed by atoms with van der Waals surface area (Å²) in [5.41, 5.74) is -5.33. The summed E-state index contributed by atoms with van der Waals surface area (Å²) >= 11 is 0. The maximum Gasteiger partial charge on any atom is 0.435 e. The molecule has 0 bridgehead atoms. The Bertz CT molecular complexity index is 1430. The number of halogens is 6. The van der Waals surface area contributed by atoms with Gasteiger partial charge in [-0.15, -0.1) is 10.2 Å². The first-order valence-electron chi connectivity index (χ1n) is 9.63. The Morgan fingerprint density at radius 2 is 1.70 bits per heavy atom. The van der Waals surface area contributed by atoms with Gasteiger partial charge in [0.25, 0.3) is 11.4 Å². The largest absolute Gasteiger partial charge is 0.435 e. The van der Waals surface area contributed by atoms with Crippen LogP contribution in [0.1, 0.15) is 30.1 Å². The summed E-state index contributed by atoms with van der Waals surface area (Å²) in [6, 6.07) is 7.56. The summed E-state index contributed by atoms with van der Waals surface area (Å²) < 4.78 is 87.0. The molecule has 33 heavy (non-hydrogen) atoms. The fourth-order valence-electron chi connectivity index (χ4n) is 3.78. The summed E-state index contributed by atoms with van der Waals surface area (Å²) in [7, 11) is 0. The minimum atomic E-state index is -4.88. The first-order valence-corrected chi connectivity index (χ1v) is 9.63. The van der Waals surface area contributed by atoms with Gasteiger partial charge in [-0.25, -0.2) is 0 Å². The number of aromatic nitrogens is 5. The zero-order valence-corrected chi connectivity index (χ0v) is 16.7. The Kier molecular flexibility index (Phi) is 4.30. The molecule has 0 radical (unpaired) electrons. The van der Waals surface area contributed by atoms with E-state index in [1.54, 1.807) is 6.07 Å². The highest BCUT2D eigenvalue weighted by Crippen LogP contribution is 2.58. The van der Waals surface area contributed by atoms with Crippen LogP contribution in [0.5, 0.6) is 0 Å². The smallest absolute Gasteiger partial charge is 0.419 e. The van der Waals surface area contributed by atoms with E-state index in [1.165, 1.54) is 31.2 Å². The second-order valence-electron chi connectivity index (χ2n) is 7.77. The van der Waals surface area contributed by atoms with Crippen LogP contribution in [0.3, 0.4) is 0 Å². The molecule has 3 heterocycles. The van der Waals surface area contributed by atoms with Crippen LogP contribution < -0.4 is 5.56 Å². The van der Waals surface area contributed by atoms with E-state index in [0.717, 1.165) is 0 Å². The number of nitrogens with one attached hydrogen (secondary N) is 1. The van der Waals surface area contributed by atoms with Crippen molar-refractivity contribution in [3.05, 3.63) is 58.0 Å². The number of rotatable bonds is 3. The molecule has 1 saturated carbocycles. The number of benzene rings is 1. The molecule has 0 amide bonds. The van der Waals surface area contributed by atoms with E-state index in [4.69, 9.17) is 4.42 Å². The van der Waals surface area contributed by atoms with E-state index >= 15 is 0 Å². The zero-order chi connectivity index (χ0) is 23.8. The average Bonchev–Trinajstić information content (AvgIpc) is 3.26. The Morgan fingerprint density at radius 1 is 1.03 bits per heavy atom. The molecule has 1 aliphatic carbocycles. The number of aromatic amines is 1. The van der Waals surface area contributed by atoms with Crippen LogP contribution in [0.4, 0.5) is 26.3 Å². The summed E-state index contributed by atoms with van der Waals surface area (Å²) in [6.45, 7) is 1.37. The molecule has 1 aromatic carbocycles. The Morgan fingerprint density at radius 3 is 2.27 bits per heavy atom. The van der Waals surface area contributed by atoms with Crippen molar-refractivity contribution in [2.24, 2.45) is 0 Å². The average molecular weight is 469 g/mol. The van der Waals surface area contributed by atoms with Gasteiger partial charge in [0.1, 0.15) is 16.6 Å². The van der Waals surface area contributed by atoms with Crippen LogP contribution in [0.15, 0.2) is 39.5 Å². The van der Waals surface area contributed by atoms with Gasteiger partial charge >= 0.3 is 12.4 Å². The van der Waals surface area contributed by atoms with Crippen molar-refractivity contribution in [3.8, 4) is 22.6 Å². The lowest BCUT2D eigenvalue weighted by Gasteiger charge is -2.14. The van der Waals surface area contributed by atoms with E-state index in [0.29, 0.717) is 4.52 Å². The molecule has 172 valence electrons. The second kappa shape index (κ2) is 6.68. The maximum atomic E-state index is 13.7. The Balaban J connectivity index is 1.72. The van der Waals surface area contributed by atoms with Crippen LogP contribution in [0.2, 0.25) is 0 Å². The molecule has 13 heteroatoms. The molecule has 0 saturated heterocycles. The molecule has 5 rings (SSSR count). The predicted octanol–water partition coefficient (Wildman–Crippen LogP) is 4.66. The predicted molar refractivity (Wildman–Crippen MR) is 101 cm³/mol. The van der Waals surface area contributed by atoms with Gasteiger partial charge in [-0.1, -0.05) is 30.3 Å². The van der Waals surface area contributed by atoms with Gasteiger partial charge in [0.2, 0.25) is 5.89 Å². The van der Waals surface area contributed by atoms with E-state index in [9.17, 15) is 31.1 Å². The first-order chi connectivity index (χ1) is 15.4. The molecular weight excluding hydrogens is 456 g/mol. The zero-order valence-electron chi connectivity index (χ0n) is 16.7. The lowest BCUT2D eigenvalue weighted by Crippen LogP contribution is -2.29. The van der Waals surface area contributed by atoms with Gasteiger partial charge < -0.3 is 9.40 Å². The van der Waals surface area contributed by atoms with E-state index < -0.39 is 40.8 Å². The van der Waals surface area contributed by atoms with Gasteiger partial charge in [-0.05, 0) is 25.3 Å². The fraction of sp³-hybridized carbons (Fsp3) is 0.300. The molecule has 1 aliphatic rings. The lowest BCUT2D eigenvalue weighted by atomic mass is 10.1. The molecule has 7 nitrogen and oxygen atoms in total. The third-order valence-corrected chi connectivity index (χ3v) is 5.64. The Labute approximate surface area is 180 Å². The summed E-state index contributed by atoms with van der Waals surface area (Å²) in [5.74, 6) is -1.23. The maximum absolute atomic E-state index is 13.7. The molecular formula is C20H13F6N5O2. The van der Waals surface area contributed by atoms with Crippen molar-refractivity contribution in [1.82, 2.24) is 24.8 Å². The van der Waals surface area contributed by atoms with Crippen LogP contribution in [-0.2, 0) is 11.6 Å². The highest BCUT2D eigenvalue weighted by Gasteiger charge is 2.68. The van der Waals surface area contributed by atoms with Crippen molar-refractivity contribution in [2.45, 2.75) is 37.5 Å². The number of H-pyrrole nitrogens is 1. The van der Waals surface area contributed by atoms with E-state index in [2.05, 4.69) is 20.3 Å². The number of hydrogen-bond donors (Lipinski definition) is 1. The van der Waals surface area contributed by atoms with Crippen LogP contribution in [-0.4, -0.2) is 31.0 Å². The topological polar surface area (TPSA) is 89.1 Å². The summed E-state index contributed by atoms with van der Waals surface area (Å²) in [5, 5.41) is 10.5. The SMILES string of the molecule is Cc1[nH]c2c(-c3ccccc3)c(C(F)(F)F)nn2c(=O)c1-c1nnc(C2(C(F)(F)F)CC2)o1. The van der Waals surface area contributed by atoms with Crippen molar-refractivity contribution in [2.75, 3.05) is 0 Å². The number of alkyl halides is 6. The fourth-order valence-corrected chi connectivity index (χ4v) is 3.78. The van der Waals surface area contributed by atoms with Crippen molar-refractivity contribution in [3.63, 3.8) is 0 Å². The molecule has 1 N–H and O–H groups in total. The summed E-state index contributed by atoms with van der Waals surface area (Å²) in [6.07, 6.45) is -9.97. The third kappa shape index (κ3) is 3.13. The number of nitrogens with zero attached hydrogens (tertiary/aromatic N) is 4. The lowest BCUT2D eigenvalue weighted by molar-refractivity contribution is -0.165. The van der Waals surface area contributed by atoms with Gasteiger partial charge in [-0.2, -0.15) is 36.0 Å². The first kappa shape index (κ1) is 21.2. The number of fused-ring (bicyclic) bond motifs is 1. The molecule has 0 unspecified atom stereocenters. The minimum absolute atomic E-state index is 0.0327. The van der Waals surface area contributed by atoms with Crippen LogP contribution >= 0.6 is 0 Å². The number of hydrogen-bond acceptors (Lipinski definition) is 5. The van der Waals surface area contributed by atoms with Crippen LogP contribution in [0.25, 0.3) is 28.2 Å². The molecule has 4 aromatic rings. The molecule has 0 atom stereocenters. The van der Waals surface area contributed by atoms with E-state index in [1.807, 2.05) is 0 Å². The van der Waals surface area contributed by atoms with Crippen molar-refractivity contribution in [1.29, 1.82) is 0 Å². The molecule has 0 spiro atoms. The normalized spacial score (nSPS) is 15.8. The molecule has 0 aliphatic heterocycles. The quantitative estimate of drug-likeness (QED) is 0.441. The highest BCUT2D eigenvalue weighted by molar-refractivity contribution is 5.81. The van der Waals surface area contributed by atoms with Gasteiger partial charge in [0, 0.05) is 5.69 Å². The van der Waals surface area contributed by atoms with Gasteiger partial charge in [0.05, 0.1) is 5.56 Å². The number of aryl methyl sites for hydroxylation is 1. The summed E-state index contributed by atoms with van der Waals surface area (Å²) in [4.78, 5) is 15.8. The van der Waals surface area contributed by atoms with Crippen molar-refractivity contribution >= 4 is 5.65 Å². The van der Waals surface area contributed by atoms with Gasteiger partial charge in [0.15, 0.2) is 5.69 Å². The minimum Gasteiger partial charge on any atom is -0.419 e. The van der Waals surface area contributed by atoms with Gasteiger partial charge in [-0.3, -0.25) is 4.79 Å². The van der Waals surface area contributed by atoms with Crippen LogP contribution in [0, 0.1) is 6.92 Å². The second-order valence-corrected chi connectivity index (χ2v) is 7.77. The van der Waals surface area contributed by atoms with Crippen molar-refractivity contribution < 1.29 is 30.8 Å². The van der Waals surface area contributed by atoms with E-state index in [-0.39, 0.29) is 40.9 Å². The highest BCUT2D eigenvalue weighted by atomic mass is 19.4.